The van der Waals surface area contributed by atoms with Gasteiger partial charge in [0.05, 0.1) is 6.54 Å². The largest absolute Gasteiger partial charge is 0.352 e. The van der Waals surface area contributed by atoms with Crippen LogP contribution in [0.25, 0.3) is 11.2 Å². The van der Waals surface area contributed by atoms with Crippen LogP contribution in [0.1, 0.15) is 19.4 Å². The van der Waals surface area contributed by atoms with Crippen molar-refractivity contribution >= 4 is 28.6 Å². The molecule has 1 aliphatic rings. The van der Waals surface area contributed by atoms with Gasteiger partial charge in [-0.1, -0.05) is 24.3 Å². The van der Waals surface area contributed by atoms with E-state index < -0.39 is 0 Å². The number of carbonyl (C=O) groups excluding carboxylic acids is 1. The lowest BCUT2D eigenvalue weighted by atomic mass is 10.1. The molecule has 1 fully saturated rings. The highest BCUT2D eigenvalue weighted by Gasteiger charge is 2.23. The highest BCUT2D eigenvalue weighted by atomic mass is 16.2. The van der Waals surface area contributed by atoms with Crippen molar-refractivity contribution in [1.29, 1.82) is 0 Å². The number of hydrogen-bond donors (Lipinski definition) is 1. The Morgan fingerprint density at radius 1 is 1.07 bits per heavy atom. The van der Waals surface area contributed by atoms with Crippen LogP contribution < -0.4 is 10.2 Å². The molecule has 1 N–H and O–H groups in total. The molecule has 0 unspecified atom stereocenters. The highest BCUT2D eigenvalue weighted by molar-refractivity contribution is 5.92. The first-order valence-corrected chi connectivity index (χ1v) is 10.1. The van der Waals surface area contributed by atoms with Crippen molar-refractivity contribution in [3.63, 3.8) is 0 Å². The summed E-state index contributed by atoms with van der Waals surface area (Å²) in [6.45, 7) is 8.37. The summed E-state index contributed by atoms with van der Waals surface area (Å²) in [6, 6.07) is 8.01. The summed E-state index contributed by atoms with van der Waals surface area (Å²) < 4.78 is 1.77. The number of nitrogens with one attached hydrogen (secondary N) is 1. The minimum absolute atomic E-state index is 0.0120. The molecule has 0 radical (unpaired) electrons. The summed E-state index contributed by atoms with van der Waals surface area (Å²) in [7, 11) is 0. The molecule has 1 aromatic carbocycles. The fourth-order valence-electron chi connectivity index (χ4n) is 3.57. The average molecular weight is 394 g/mol. The van der Waals surface area contributed by atoms with E-state index in [9.17, 15) is 4.79 Å². The summed E-state index contributed by atoms with van der Waals surface area (Å²) >= 11 is 0. The lowest BCUT2D eigenvalue weighted by Crippen LogP contribution is -2.49. The van der Waals surface area contributed by atoms with Gasteiger partial charge in [-0.2, -0.15) is 0 Å². The fourth-order valence-corrected chi connectivity index (χ4v) is 3.57. The van der Waals surface area contributed by atoms with E-state index >= 15 is 0 Å². The smallest absolute Gasteiger partial charge is 0.238 e. The van der Waals surface area contributed by atoms with Gasteiger partial charge >= 0.3 is 0 Å². The van der Waals surface area contributed by atoms with E-state index in [0.29, 0.717) is 6.54 Å². The Morgan fingerprint density at radius 3 is 2.52 bits per heavy atom. The van der Waals surface area contributed by atoms with Gasteiger partial charge in [0.1, 0.15) is 6.33 Å². The van der Waals surface area contributed by atoms with Gasteiger partial charge in [-0.3, -0.25) is 9.69 Å². The monoisotopic (exact) mass is 394 g/mol. The molecular weight excluding hydrogens is 368 g/mol. The van der Waals surface area contributed by atoms with Crippen LogP contribution in [0.15, 0.2) is 30.6 Å². The summed E-state index contributed by atoms with van der Waals surface area (Å²) in [5, 5.41) is 11.4. The zero-order chi connectivity index (χ0) is 20.2. The molecular formula is C20H26N8O. The quantitative estimate of drug-likeness (QED) is 0.678. The number of aromatic nitrogens is 5. The van der Waals surface area contributed by atoms with Crippen molar-refractivity contribution in [2.75, 3.05) is 42.9 Å². The topological polar surface area (TPSA) is 92.1 Å². The zero-order valence-electron chi connectivity index (χ0n) is 16.9. The molecule has 29 heavy (non-hydrogen) atoms. The molecule has 2 aromatic heterocycles. The molecule has 0 bridgehead atoms. The number of amides is 1. The Morgan fingerprint density at radius 2 is 1.83 bits per heavy atom. The maximum atomic E-state index is 12.4. The number of fused-ring (bicyclic) bond motifs is 1. The average Bonchev–Trinajstić information content (AvgIpc) is 3.18. The van der Waals surface area contributed by atoms with Gasteiger partial charge in [-0.15, -0.1) is 5.10 Å². The van der Waals surface area contributed by atoms with Gasteiger partial charge in [0.25, 0.3) is 0 Å². The van der Waals surface area contributed by atoms with Gasteiger partial charge < -0.3 is 10.2 Å². The van der Waals surface area contributed by atoms with Crippen LogP contribution >= 0.6 is 0 Å². The van der Waals surface area contributed by atoms with E-state index in [4.69, 9.17) is 0 Å². The van der Waals surface area contributed by atoms with E-state index in [-0.39, 0.29) is 5.91 Å². The molecule has 1 aliphatic heterocycles. The minimum atomic E-state index is 0.0120. The summed E-state index contributed by atoms with van der Waals surface area (Å²) in [4.78, 5) is 25.5. The Labute approximate surface area is 169 Å². The van der Waals surface area contributed by atoms with E-state index in [2.05, 4.69) is 42.3 Å². The molecule has 152 valence electrons. The molecule has 3 aromatic rings. The molecule has 3 heterocycles. The predicted octanol–water partition coefficient (Wildman–Crippen LogP) is 1.56. The van der Waals surface area contributed by atoms with Crippen molar-refractivity contribution in [3.8, 4) is 0 Å². The zero-order valence-corrected chi connectivity index (χ0v) is 16.9. The number of nitrogens with zero attached hydrogens (tertiary/aromatic N) is 7. The SMILES string of the molecule is CCc1ccc(NC(=O)CN2CCN(c3ncnc4c3nnn4CC)CC2)cc1. The molecule has 9 nitrogen and oxygen atoms in total. The van der Waals surface area contributed by atoms with Gasteiger partial charge in [0, 0.05) is 38.4 Å². The van der Waals surface area contributed by atoms with Crippen LogP contribution in [0.5, 0.6) is 0 Å². The standard InChI is InChI=1S/C20H26N8O/c1-3-15-5-7-16(8-6-15)23-17(29)13-26-9-11-27(12-10-26)19-18-20(22-14-21-19)28(4-2)25-24-18/h5-8,14H,3-4,9-13H2,1-2H3,(H,23,29). The van der Waals surface area contributed by atoms with Crippen LogP contribution in [0.3, 0.4) is 0 Å². The van der Waals surface area contributed by atoms with E-state index in [1.54, 1.807) is 11.0 Å². The number of piperazine rings is 1. The molecule has 4 rings (SSSR count). The molecule has 0 atom stereocenters. The summed E-state index contributed by atoms with van der Waals surface area (Å²) in [5.74, 6) is 0.827. The molecule has 9 heteroatoms. The third-order valence-electron chi connectivity index (χ3n) is 5.27. The second-order valence-electron chi connectivity index (χ2n) is 7.14. The van der Waals surface area contributed by atoms with Gasteiger partial charge in [0.2, 0.25) is 5.91 Å². The van der Waals surface area contributed by atoms with Crippen LogP contribution in [-0.4, -0.2) is 68.5 Å². The summed E-state index contributed by atoms with van der Waals surface area (Å²) in [6.07, 6.45) is 2.56. The van der Waals surface area contributed by atoms with Crippen LogP contribution in [-0.2, 0) is 17.8 Å². The Bertz CT molecular complexity index is 976. The summed E-state index contributed by atoms with van der Waals surface area (Å²) in [5.41, 5.74) is 3.59. The minimum Gasteiger partial charge on any atom is -0.352 e. The predicted molar refractivity (Wildman–Crippen MR) is 112 cm³/mol. The van der Waals surface area contributed by atoms with Crippen LogP contribution in [0.4, 0.5) is 11.5 Å². The number of carbonyl (C=O) groups is 1. The maximum Gasteiger partial charge on any atom is 0.238 e. The van der Waals surface area contributed by atoms with Crippen LogP contribution in [0.2, 0.25) is 0 Å². The first-order chi connectivity index (χ1) is 14.2. The van der Waals surface area contributed by atoms with E-state index in [1.807, 2.05) is 31.2 Å². The van der Waals surface area contributed by atoms with E-state index in [0.717, 1.165) is 61.8 Å². The first kappa shape index (κ1) is 19.3. The Balaban J connectivity index is 1.33. The first-order valence-electron chi connectivity index (χ1n) is 10.1. The number of benzene rings is 1. The highest BCUT2D eigenvalue weighted by Crippen LogP contribution is 2.21. The van der Waals surface area contributed by atoms with Crippen molar-refractivity contribution < 1.29 is 4.79 Å². The van der Waals surface area contributed by atoms with Crippen molar-refractivity contribution in [2.45, 2.75) is 26.8 Å². The molecule has 1 saturated heterocycles. The Kier molecular flexibility index (Phi) is 5.66. The van der Waals surface area contributed by atoms with Crippen molar-refractivity contribution in [3.05, 3.63) is 36.2 Å². The third kappa shape index (κ3) is 4.19. The van der Waals surface area contributed by atoms with Gasteiger partial charge in [-0.05, 0) is 31.0 Å². The Hall–Kier alpha value is -3.07. The second-order valence-corrected chi connectivity index (χ2v) is 7.14. The second kappa shape index (κ2) is 8.52. The lowest BCUT2D eigenvalue weighted by molar-refractivity contribution is -0.117. The number of rotatable bonds is 6. The van der Waals surface area contributed by atoms with Gasteiger partial charge in [0.15, 0.2) is 17.0 Å². The molecule has 0 spiro atoms. The van der Waals surface area contributed by atoms with E-state index in [1.165, 1.54) is 5.56 Å². The number of anilines is 2. The maximum absolute atomic E-state index is 12.4. The van der Waals surface area contributed by atoms with Crippen molar-refractivity contribution in [2.24, 2.45) is 0 Å². The number of aryl methyl sites for hydroxylation is 2. The fraction of sp³-hybridized carbons (Fsp3) is 0.450. The molecule has 0 aliphatic carbocycles. The van der Waals surface area contributed by atoms with Crippen LogP contribution in [0, 0.1) is 0 Å². The van der Waals surface area contributed by atoms with Crippen molar-refractivity contribution in [1.82, 2.24) is 29.9 Å². The molecule has 1 amide bonds. The third-order valence-corrected chi connectivity index (χ3v) is 5.27. The van der Waals surface area contributed by atoms with Gasteiger partial charge in [-0.25, -0.2) is 14.6 Å². The normalized spacial score (nSPS) is 15.0. The number of hydrogen-bond acceptors (Lipinski definition) is 7. The lowest BCUT2D eigenvalue weighted by Gasteiger charge is -2.34. The molecule has 0 saturated carbocycles.